The average molecular weight is 390 g/mol. The maximum atomic E-state index is 12.3. The lowest BCUT2D eigenvalue weighted by Crippen LogP contribution is -2.49. The first-order valence-corrected chi connectivity index (χ1v) is 9.04. The first-order valence-electron chi connectivity index (χ1n) is 9.04. The van der Waals surface area contributed by atoms with Crippen LogP contribution in [-0.4, -0.2) is 40.5 Å². The third kappa shape index (κ3) is 6.05. The van der Waals surface area contributed by atoms with E-state index in [1.54, 1.807) is 20.8 Å². The van der Waals surface area contributed by atoms with Crippen molar-refractivity contribution < 1.29 is 24.3 Å². The monoisotopic (exact) mass is 390 g/mol. The van der Waals surface area contributed by atoms with Gasteiger partial charge < -0.3 is 10.1 Å². The number of carbonyl (C=O) groups is 3. The number of hydrogen-bond acceptors (Lipinski definition) is 6. The molecule has 2 rings (SSSR count). The third-order valence-corrected chi connectivity index (χ3v) is 4.21. The van der Waals surface area contributed by atoms with E-state index < -0.39 is 29.0 Å². The summed E-state index contributed by atoms with van der Waals surface area (Å²) in [7, 11) is 0. The summed E-state index contributed by atoms with van der Waals surface area (Å²) in [6, 6.07) is 5.83. The summed E-state index contributed by atoms with van der Waals surface area (Å²) < 4.78 is 5.31. The van der Waals surface area contributed by atoms with Crippen molar-refractivity contribution in [1.29, 1.82) is 0 Å². The number of nitrogens with zero attached hydrogens (tertiary/aromatic N) is 1. The maximum Gasteiger partial charge on any atom is 0.408 e. The zero-order valence-corrected chi connectivity index (χ0v) is 16.2. The molecule has 0 radical (unpaired) electrons. The lowest BCUT2D eigenvalue weighted by atomic mass is 10.00. The maximum absolute atomic E-state index is 12.3. The van der Waals surface area contributed by atoms with Gasteiger partial charge in [0.15, 0.2) is 0 Å². The summed E-state index contributed by atoms with van der Waals surface area (Å²) in [5, 5.41) is 15.5. The molecule has 0 bridgehead atoms. The van der Waals surface area contributed by atoms with Crippen molar-refractivity contribution >= 4 is 24.1 Å². The van der Waals surface area contributed by atoms with E-state index in [1.807, 2.05) is 0 Å². The van der Waals surface area contributed by atoms with Gasteiger partial charge >= 0.3 is 6.09 Å². The minimum atomic E-state index is -0.718. The highest BCUT2D eigenvalue weighted by molar-refractivity contribution is 5.99. The number of nitrogens with one attached hydrogen (secondary N) is 3. The van der Waals surface area contributed by atoms with E-state index in [-0.39, 0.29) is 11.1 Å². The number of hydrogen-bond donors (Lipinski definition) is 4. The van der Waals surface area contributed by atoms with Crippen LogP contribution in [0.15, 0.2) is 29.4 Å². The summed E-state index contributed by atoms with van der Waals surface area (Å²) in [5.41, 5.74) is 2.98. The molecule has 1 aliphatic rings. The topological polar surface area (TPSA) is 129 Å². The zero-order valence-electron chi connectivity index (χ0n) is 16.2. The first-order chi connectivity index (χ1) is 13.1. The smallest absolute Gasteiger partial charge is 0.408 e. The van der Waals surface area contributed by atoms with Crippen molar-refractivity contribution in [2.45, 2.75) is 57.6 Å². The molecule has 0 saturated heterocycles. The van der Waals surface area contributed by atoms with Crippen LogP contribution in [0.1, 0.15) is 67.2 Å². The first kappa shape index (κ1) is 21.4. The van der Waals surface area contributed by atoms with Crippen molar-refractivity contribution in [1.82, 2.24) is 16.2 Å². The largest absolute Gasteiger partial charge is 0.444 e. The van der Waals surface area contributed by atoms with Crippen molar-refractivity contribution in [3.8, 4) is 0 Å². The van der Waals surface area contributed by atoms with Crippen LogP contribution in [0.25, 0.3) is 0 Å². The van der Waals surface area contributed by atoms with Crippen LogP contribution < -0.4 is 16.2 Å². The summed E-state index contributed by atoms with van der Waals surface area (Å²) in [4.78, 5) is 35.8. The van der Waals surface area contributed by atoms with Gasteiger partial charge in [-0.15, -0.1) is 0 Å². The van der Waals surface area contributed by atoms with E-state index in [4.69, 9.17) is 9.94 Å². The number of amides is 3. The molecule has 0 aromatic heterocycles. The van der Waals surface area contributed by atoms with Crippen LogP contribution in [-0.2, 0) is 4.74 Å². The van der Waals surface area contributed by atoms with Gasteiger partial charge in [-0.3, -0.25) is 14.8 Å². The van der Waals surface area contributed by atoms with E-state index in [1.165, 1.54) is 36.0 Å². The molecule has 0 unspecified atom stereocenters. The average Bonchev–Trinajstić information content (AvgIpc) is 3.07. The molecule has 152 valence electrons. The molecule has 1 aromatic carbocycles. The Balaban J connectivity index is 2.03. The fourth-order valence-electron chi connectivity index (χ4n) is 2.94. The lowest BCUT2D eigenvalue weighted by molar-refractivity contribution is 0.0488. The van der Waals surface area contributed by atoms with Crippen molar-refractivity contribution in [3.05, 3.63) is 35.4 Å². The van der Waals surface area contributed by atoms with E-state index >= 15 is 0 Å². The molecule has 1 saturated carbocycles. The van der Waals surface area contributed by atoms with Gasteiger partial charge in [0, 0.05) is 11.1 Å². The molecule has 1 aromatic rings. The van der Waals surface area contributed by atoms with Gasteiger partial charge in [-0.1, -0.05) is 18.9 Å². The molecule has 0 spiro atoms. The van der Waals surface area contributed by atoms with Crippen LogP contribution in [0.3, 0.4) is 0 Å². The highest BCUT2D eigenvalue weighted by atomic mass is 16.6. The Labute approximate surface area is 163 Å². The van der Waals surface area contributed by atoms with Crippen LogP contribution in [0.4, 0.5) is 4.79 Å². The minimum absolute atomic E-state index is 0.137. The van der Waals surface area contributed by atoms with E-state index in [0.29, 0.717) is 12.8 Å². The summed E-state index contributed by atoms with van der Waals surface area (Å²) in [6.07, 6.45) is 4.22. The van der Waals surface area contributed by atoms with E-state index in [9.17, 15) is 14.4 Å². The Morgan fingerprint density at radius 2 is 1.75 bits per heavy atom. The van der Waals surface area contributed by atoms with Crippen LogP contribution in [0.2, 0.25) is 0 Å². The van der Waals surface area contributed by atoms with Crippen LogP contribution >= 0.6 is 0 Å². The van der Waals surface area contributed by atoms with Gasteiger partial charge in [0.1, 0.15) is 5.60 Å². The number of ether oxygens (including phenoxy) is 1. The summed E-state index contributed by atoms with van der Waals surface area (Å²) in [6.45, 7) is 5.36. The lowest BCUT2D eigenvalue weighted by Gasteiger charge is -2.28. The predicted octanol–water partition coefficient (Wildman–Crippen LogP) is 2.36. The highest BCUT2D eigenvalue weighted by Crippen LogP contribution is 2.28. The Kier molecular flexibility index (Phi) is 6.74. The molecule has 3 amide bonds. The molecular formula is C19H26N4O5. The molecule has 1 fully saturated rings. The second-order valence-corrected chi connectivity index (χ2v) is 7.71. The molecule has 4 N–H and O–H groups in total. The summed E-state index contributed by atoms with van der Waals surface area (Å²) >= 11 is 0. The number of hydroxylamine groups is 1. The van der Waals surface area contributed by atoms with E-state index in [2.05, 4.69) is 15.8 Å². The number of carbonyl (C=O) groups excluding carboxylic acids is 3. The highest BCUT2D eigenvalue weighted by Gasteiger charge is 2.35. The number of alkyl carbamates (subject to hydrolysis) is 1. The SMILES string of the molecule is CC(C)(C)OC(=O)NC1(/C=N/NC(=O)c2cccc(C(=O)NO)c2)CCCC1. The van der Waals surface area contributed by atoms with Gasteiger partial charge in [-0.2, -0.15) is 5.10 Å². The molecule has 0 heterocycles. The second-order valence-electron chi connectivity index (χ2n) is 7.71. The zero-order chi connectivity index (χ0) is 20.8. The van der Waals surface area contributed by atoms with Gasteiger partial charge in [-0.05, 0) is 51.8 Å². The van der Waals surface area contributed by atoms with Crippen LogP contribution in [0.5, 0.6) is 0 Å². The molecule has 0 aliphatic heterocycles. The van der Waals surface area contributed by atoms with Gasteiger partial charge in [0.2, 0.25) is 0 Å². The fraction of sp³-hybridized carbons (Fsp3) is 0.474. The third-order valence-electron chi connectivity index (χ3n) is 4.21. The Morgan fingerprint density at radius 3 is 2.32 bits per heavy atom. The Hall–Kier alpha value is -2.94. The van der Waals surface area contributed by atoms with Crippen LogP contribution in [0, 0.1) is 0 Å². The molecular weight excluding hydrogens is 364 g/mol. The van der Waals surface area contributed by atoms with Gasteiger partial charge in [-0.25, -0.2) is 15.7 Å². The van der Waals surface area contributed by atoms with Crippen molar-refractivity contribution in [2.24, 2.45) is 5.10 Å². The van der Waals surface area contributed by atoms with Gasteiger partial charge in [0.05, 0.1) is 11.8 Å². The summed E-state index contributed by atoms with van der Waals surface area (Å²) in [5.74, 6) is -1.24. The van der Waals surface area contributed by atoms with E-state index in [0.717, 1.165) is 12.8 Å². The molecule has 9 heteroatoms. The normalized spacial score (nSPS) is 15.9. The molecule has 28 heavy (non-hydrogen) atoms. The Bertz CT molecular complexity index is 764. The molecule has 0 atom stereocenters. The van der Waals surface area contributed by atoms with Crippen molar-refractivity contribution in [3.63, 3.8) is 0 Å². The Morgan fingerprint density at radius 1 is 1.14 bits per heavy atom. The minimum Gasteiger partial charge on any atom is -0.444 e. The molecule has 1 aliphatic carbocycles. The number of benzene rings is 1. The van der Waals surface area contributed by atoms with Gasteiger partial charge in [0.25, 0.3) is 11.8 Å². The second kappa shape index (κ2) is 8.83. The number of hydrazone groups is 1. The predicted molar refractivity (Wildman–Crippen MR) is 102 cm³/mol. The quantitative estimate of drug-likeness (QED) is 0.348. The number of rotatable bonds is 5. The standard InChI is InChI=1S/C19H26N4O5/c1-18(2,3)28-17(26)21-19(9-4-5-10-19)12-20-22-15(24)13-7-6-8-14(11-13)16(25)23-27/h6-8,11-12,27H,4-5,9-10H2,1-3H3,(H,21,26)(H,22,24)(H,23,25)/b20-12+. The van der Waals surface area contributed by atoms with Crippen molar-refractivity contribution in [2.75, 3.05) is 0 Å². The molecule has 9 nitrogen and oxygen atoms in total. The fourth-order valence-corrected chi connectivity index (χ4v) is 2.94.